The summed E-state index contributed by atoms with van der Waals surface area (Å²) in [6.45, 7) is -0.180. The average Bonchev–Trinajstić information content (AvgIpc) is 2.58. The highest BCUT2D eigenvalue weighted by Gasteiger charge is 2.21. The number of nitrogens with one attached hydrogen (secondary N) is 1. The first kappa shape index (κ1) is 10.7. The number of nitrogens with zero attached hydrogens (tertiary/aromatic N) is 1. The van der Waals surface area contributed by atoms with Gasteiger partial charge in [0.25, 0.3) is 5.91 Å². The van der Waals surface area contributed by atoms with Crippen molar-refractivity contribution in [3.63, 3.8) is 0 Å². The number of rotatable bonds is 4. The van der Waals surface area contributed by atoms with Crippen molar-refractivity contribution in [1.29, 1.82) is 0 Å². The van der Waals surface area contributed by atoms with Crippen LogP contribution in [0.2, 0.25) is 0 Å². The molecule has 0 radical (unpaired) electrons. The van der Waals surface area contributed by atoms with Gasteiger partial charge in [-0.05, 0) is 31.4 Å². The van der Waals surface area contributed by atoms with Crippen molar-refractivity contribution in [2.45, 2.75) is 31.8 Å². The number of aliphatic carboxylic acids is 1. The Morgan fingerprint density at radius 1 is 1.50 bits per heavy atom. The van der Waals surface area contributed by atoms with Crippen LogP contribution in [0, 0.1) is 0 Å². The summed E-state index contributed by atoms with van der Waals surface area (Å²) in [5.74, 6) is -1.13. The van der Waals surface area contributed by atoms with E-state index >= 15 is 0 Å². The van der Waals surface area contributed by atoms with E-state index in [2.05, 4.69) is 5.32 Å². The molecule has 0 aliphatic heterocycles. The van der Waals surface area contributed by atoms with Gasteiger partial charge in [0.2, 0.25) is 0 Å². The second-order valence-corrected chi connectivity index (χ2v) is 4.02. The molecule has 1 amide bonds. The number of carboxylic acids is 1. The molecule has 1 saturated carbocycles. The van der Waals surface area contributed by atoms with Crippen molar-refractivity contribution in [2.75, 3.05) is 0 Å². The van der Waals surface area contributed by atoms with Gasteiger partial charge in [-0.1, -0.05) is 0 Å². The maximum absolute atomic E-state index is 11.8. The van der Waals surface area contributed by atoms with E-state index in [1.807, 2.05) is 0 Å². The summed E-state index contributed by atoms with van der Waals surface area (Å²) >= 11 is 0. The number of hydrogen-bond donors (Lipinski definition) is 2. The van der Waals surface area contributed by atoms with E-state index in [-0.39, 0.29) is 18.5 Å². The molecule has 2 rings (SSSR count). The molecule has 1 aromatic heterocycles. The van der Waals surface area contributed by atoms with Crippen LogP contribution < -0.4 is 5.32 Å². The molecule has 16 heavy (non-hydrogen) atoms. The van der Waals surface area contributed by atoms with Crippen LogP contribution in [-0.2, 0) is 11.3 Å². The van der Waals surface area contributed by atoms with Crippen LogP contribution in [0.25, 0.3) is 0 Å². The third-order valence-corrected chi connectivity index (χ3v) is 2.81. The van der Waals surface area contributed by atoms with Gasteiger partial charge in [0.15, 0.2) is 0 Å². The van der Waals surface area contributed by atoms with Gasteiger partial charge in [0, 0.05) is 12.2 Å². The Morgan fingerprint density at radius 2 is 2.25 bits per heavy atom. The molecular weight excluding hydrogens is 208 g/mol. The van der Waals surface area contributed by atoms with Crippen molar-refractivity contribution < 1.29 is 14.7 Å². The fraction of sp³-hybridized carbons (Fsp3) is 0.455. The van der Waals surface area contributed by atoms with Gasteiger partial charge in [0.1, 0.15) is 12.2 Å². The molecule has 0 aromatic carbocycles. The lowest BCUT2D eigenvalue weighted by Crippen LogP contribution is -2.40. The lowest BCUT2D eigenvalue weighted by atomic mass is 9.93. The normalized spacial score (nSPS) is 15.5. The zero-order valence-electron chi connectivity index (χ0n) is 8.85. The molecule has 1 fully saturated rings. The van der Waals surface area contributed by atoms with Crippen LogP contribution in [0.4, 0.5) is 0 Å². The quantitative estimate of drug-likeness (QED) is 0.793. The van der Waals surface area contributed by atoms with Crippen LogP contribution in [0.15, 0.2) is 18.3 Å². The topological polar surface area (TPSA) is 71.3 Å². The second-order valence-electron chi connectivity index (χ2n) is 4.02. The Balaban J connectivity index is 2.03. The first-order chi connectivity index (χ1) is 7.66. The van der Waals surface area contributed by atoms with E-state index in [9.17, 15) is 9.59 Å². The van der Waals surface area contributed by atoms with Crippen molar-refractivity contribution >= 4 is 11.9 Å². The number of carbonyl (C=O) groups excluding carboxylic acids is 1. The number of amides is 1. The van der Waals surface area contributed by atoms with Crippen molar-refractivity contribution in [1.82, 2.24) is 9.88 Å². The molecule has 1 aliphatic rings. The molecular formula is C11H14N2O3. The molecule has 0 saturated heterocycles. The van der Waals surface area contributed by atoms with Crippen LogP contribution in [-0.4, -0.2) is 27.6 Å². The molecule has 1 aliphatic carbocycles. The summed E-state index contributed by atoms with van der Waals surface area (Å²) in [4.78, 5) is 22.4. The van der Waals surface area contributed by atoms with E-state index in [4.69, 9.17) is 5.11 Å². The molecule has 0 bridgehead atoms. The molecule has 86 valence electrons. The number of aromatic nitrogens is 1. The number of carboxylic acid groups (broad SMARTS) is 1. The minimum absolute atomic E-state index is 0.180. The fourth-order valence-corrected chi connectivity index (χ4v) is 1.72. The van der Waals surface area contributed by atoms with E-state index in [0.29, 0.717) is 5.69 Å². The van der Waals surface area contributed by atoms with Crippen LogP contribution >= 0.6 is 0 Å². The predicted octanol–water partition coefficient (Wildman–Crippen LogP) is 0.855. The Morgan fingerprint density at radius 3 is 2.81 bits per heavy atom. The summed E-state index contributed by atoms with van der Waals surface area (Å²) in [6.07, 6.45) is 4.79. The van der Waals surface area contributed by atoms with E-state index in [0.717, 1.165) is 19.3 Å². The minimum Gasteiger partial charge on any atom is -0.480 e. The van der Waals surface area contributed by atoms with Gasteiger partial charge < -0.3 is 15.0 Å². The van der Waals surface area contributed by atoms with Crippen molar-refractivity contribution in [2.24, 2.45) is 0 Å². The first-order valence-corrected chi connectivity index (χ1v) is 5.34. The van der Waals surface area contributed by atoms with Crippen molar-refractivity contribution in [3.05, 3.63) is 24.0 Å². The largest absolute Gasteiger partial charge is 0.480 e. The molecule has 0 unspecified atom stereocenters. The minimum atomic E-state index is -0.950. The van der Waals surface area contributed by atoms with Gasteiger partial charge in [-0.2, -0.15) is 0 Å². The Labute approximate surface area is 93.1 Å². The summed E-state index contributed by atoms with van der Waals surface area (Å²) in [6, 6.07) is 3.58. The predicted molar refractivity (Wildman–Crippen MR) is 57.2 cm³/mol. The number of hydrogen-bond acceptors (Lipinski definition) is 2. The van der Waals surface area contributed by atoms with E-state index in [1.54, 1.807) is 18.3 Å². The lowest BCUT2D eigenvalue weighted by Gasteiger charge is -2.26. The summed E-state index contributed by atoms with van der Waals surface area (Å²) < 4.78 is 1.44. The summed E-state index contributed by atoms with van der Waals surface area (Å²) in [7, 11) is 0. The maximum Gasteiger partial charge on any atom is 0.323 e. The second kappa shape index (κ2) is 4.38. The first-order valence-electron chi connectivity index (χ1n) is 5.34. The molecule has 1 aromatic rings. The third-order valence-electron chi connectivity index (χ3n) is 2.81. The molecule has 5 heteroatoms. The molecule has 0 atom stereocenters. The van der Waals surface area contributed by atoms with Crippen LogP contribution in [0.3, 0.4) is 0 Å². The zero-order chi connectivity index (χ0) is 11.5. The van der Waals surface area contributed by atoms with Crippen LogP contribution in [0.1, 0.15) is 29.8 Å². The third kappa shape index (κ3) is 2.24. The fourth-order valence-electron chi connectivity index (χ4n) is 1.72. The SMILES string of the molecule is O=C(O)Cn1cccc1C(=O)NC1CCC1. The van der Waals surface area contributed by atoms with Crippen molar-refractivity contribution in [3.8, 4) is 0 Å². The average molecular weight is 222 g/mol. The standard InChI is InChI=1S/C11H14N2O3/c14-10(15)7-13-6-2-5-9(13)11(16)12-8-3-1-4-8/h2,5-6,8H,1,3-4,7H2,(H,12,16)(H,14,15). The zero-order valence-corrected chi connectivity index (χ0v) is 8.85. The van der Waals surface area contributed by atoms with E-state index < -0.39 is 5.97 Å². The smallest absolute Gasteiger partial charge is 0.323 e. The Kier molecular flexibility index (Phi) is 2.94. The van der Waals surface area contributed by atoms with Gasteiger partial charge in [0.05, 0.1) is 0 Å². The summed E-state index contributed by atoms with van der Waals surface area (Å²) in [5.41, 5.74) is 0.411. The highest BCUT2D eigenvalue weighted by molar-refractivity contribution is 5.93. The lowest BCUT2D eigenvalue weighted by molar-refractivity contribution is -0.137. The highest BCUT2D eigenvalue weighted by Crippen LogP contribution is 2.18. The molecule has 1 heterocycles. The van der Waals surface area contributed by atoms with Crippen LogP contribution in [0.5, 0.6) is 0 Å². The monoisotopic (exact) mass is 222 g/mol. The van der Waals surface area contributed by atoms with Gasteiger partial charge >= 0.3 is 5.97 Å². The molecule has 0 spiro atoms. The summed E-state index contributed by atoms with van der Waals surface area (Å²) in [5, 5.41) is 11.6. The van der Waals surface area contributed by atoms with Gasteiger partial charge in [-0.15, -0.1) is 0 Å². The molecule has 2 N–H and O–H groups in total. The van der Waals surface area contributed by atoms with Gasteiger partial charge in [-0.3, -0.25) is 9.59 Å². The van der Waals surface area contributed by atoms with Gasteiger partial charge in [-0.25, -0.2) is 0 Å². The Hall–Kier alpha value is -1.78. The number of carbonyl (C=O) groups is 2. The maximum atomic E-state index is 11.8. The highest BCUT2D eigenvalue weighted by atomic mass is 16.4. The van der Waals surface area contributed by atoms with E-state index in [1.165, 1.54) is 4.57 Å². The Bertz CT molecular complexity index is 407. The molecule has 5 nitrogen and oxygen atoms in total.